The van der Waals surface area contributed by atoms with Crippen LogP contribution in [0.1, 0.15) is 19.8 Å². The van der Waals surface area contributed by atoms with Crippen molar-refractivity contribution >= 4 is 27.3 Å². The topological polar surface area (TPSA) is 67.4 Å². The van der Waals surface area contributed by atoms with Crippen molar-refractivity contribution in [2.24, 2.45) is 0 Å². The molecule has 0 atom stereocenters. The third-order valence-electron chi connectivity index (χ3n) is 2.69. The largest absolute Gasteiger partial charge is 0.495 e. The van der Waals surface area contributed by atoms with Crippen LogP contribution in [0.4, 0.5) is 5.69 Å². The Balaban J connectivity index is 2.59. The molecule has 0 aliphatic carbocycles. The van der Waals surface area contributed by atoms with Gasteiger partial charge in [0.2, 0.25) is 10.0 Å². The Kier molecular flexibility index (Phi) is 7.12. The number of halogens is 1. The van der Waals surface area contributed by atoms with Crippen LogP contribution in [0.5, 0.6) is 5.75 Å². The van der Waals surface area contributed by atoms with Gasteiger partial charge in [-0.3, -0.25) is 4.72 Å². The van der Waals surface area contributed by atoms with Crippen molar-refractivity contribution in [2.45, 2.75) is 19.8 Å². The Morgan fingerprint density at radius 2 is 2.05 bits per heavy atom. The van der Waals surface area contributed by atoms with Crippen LogP contribution in [0, 0.1) is 0 Å². The second kappa shape index (κ2) is 8.34. The summed E-state index contributed by atoms with van der Waals surface area (Å²) in [5.74, 6) is 0.527. The maximum Gasteiger partial charge on any atom is 0.232 e. The predicted molar refractivity (Wildman–Crippen MR) is 83.2 cm³/mol. The van der Waals surface area contributed by atoms with Gasteiger partial charge in [-0.25, -0.2) is 8.42 Å². The zero-order chi connectivity index (χ0) is 15.0. The standard InChI is InChI=1S/C13H21ClN2O3S/c1-3-15-8-4-5-9-20(17,18)16-12-10-11(14)6-7-13(12)19-2/h6-7,10,15-16H,3-5,8-9H2,1-2H3. The molecule has 0 aliphatic rings. The number of unbranched alkanes of at least 4 members (excludes halogenated alkanes) is 1. The van der Waals surface area contributed by atoms with Gasteiger partial charge in [0.05, 0.1) is 18.6 Å². The fourth-order valence-corrected chi connectivity index (χ4v) is 3.05. The number of nitrogens with one attached hydrogen (secondary N) is 2. The van der Waals surface area contributed by atoms with Crippen molar-refractivity contribution in [3.8, 4) is 5.75 Å². The lowest BCUT2D eigenvalue weighted by molar-refractivity contribution is 0.417. The van der Waals surface area contributed by atoms with Crippen LogP contribution in [-0.4, -0.2) is 34.4 Å². The molecule has 0 aromatic heterocycles. The van der Waals surface area contributed by atoms with Gasteiger partial charge in [0.1, 0.15) is 5.75 Å². The number of hydrogen-bond acceptors (Lipinski definition) is 4. The maximum absolute atomic E-state index is 12.0. The molecule has 114 valence electrons. The molecule has 0 amide bonds. The average Bonchev–Trinajstić information content (AvgIpc) is 2.38. The molecule has 5 nitrogen and oxygen atoms in total. The summed E-state index contributed by atoms with van der Waals surface area (Å²) >= 11 is 5.87. The molecule has 0 fully saturated rings. The third-order valence-corrected chi connectivity index (χ3v) is 4.29. The summed E-state index contributed by atoms with van der Waals surface area (Å²) in [7, 11) is -1.90. The van der Waals surface area contributed by atoms with E-state index in [0.29, 0.717) is 22.9 Å². The molecule has 0 heterocycles. The Labute approximate surface area is 125 Å². The van der Waals surface area contributed by atoms with Crippen LogP contribution in [0.25, 0.3) is 0 Å². The molecular weight excluding hydrogens is 300 g/mol. The number of methoxy groups -OCH3 is 1. The van der Waals surface area contributed by atoms with Crippen LogP contribution < -0.4 is 14.8 Å². The molecule has 20 heavy (non-hydrogen) atoms. The molecule has 0 unspecified atom stereocenters. The summed E-state index contributed by atoms with van der Waals surface area (Å²) in [6.07, 6.45) is 1.42. The van der Waals surface area contributed by atoms with Crippen LogP contribution in [0.3, 0.4) is 0 Å². The monoisotopic (exact) mass is 320 g/mol. The van der Waals surface area contributed by atoms with Crippen LogP contribution in [0.15, 0.2) is 18.2 Å². The van der Waals surface area contributed by atoms with Gasteiger partial charge in [-0.1, -0.05) is 18.5 Å². The van der Waals surface area contributed by atoms with E-state index >= 15 is 0 Å². The number of benzene rings is 1. The first kappa shape index (κ1) is 17.1. The molecule has 0 radical (unpaired) electrons. The first-order chi connectivity index (χ1) is 9.48. The van der Waals surface area contributed by atoms with Crippen molar-refractivity contribution in [2.75, 3.05) is 30.7 Å². The lowest BCUT2D eigenvalue weighted by Gasteiger charge is -2.12. The quantitative estimate of drug-likeness (QED) is 0.686. The van der Waals surface area contributed by atoms with Gasteiger partial charge >= 0.3 is 0 Å². The van der Waals surface area contributed by atoms with Crippen molar-refractivity contribution in [3.63, 3.8) is 0 Å². The Morgan fingerprint density at radius 3 is 2.70 bits per heavy atom. The number of rotatable bonds is 9. The Bertz CT molecular complexity index is 520. The van der Waals surface area contributed by atoms with Gasteiger partial charge in [-0.2, -0.15) is 0 Å². The zero-order valence-corrected chi connectivity index (χ0v) is 13.4. The lowest BCUT2D eigenvalue weighted by atomic mass is 10.3. The second-order valence-corrected chi connectivity index (χ2v) is 6.60. The highest BCUT2D eigenvalue weighted by molar-refractivity contribution is 7.92. The van der Waals surface area contributed by atoms with E-state index in [1.165, 1.54) is 13.2 Å². The third kappa shape index (κ3) is 5.98. The molecule has 0 saturated carbocycles. The fraction of sp³-hybridized carbons (Fsp3) is 0.538. The number of hydrogen-bond donors (Lipinski definition) is 2. The summed E-state index contributed by atoms with van der Waals surface area (Å²) in [5, 5.41) is 3.61. The predicted octanol–water partition coefficient (Wildman–Crippen LogP) is 2.48. The Hall–Kier alpha value is -0.980. The molecular formula is C13H21ClN2O3S. The van der Waals surface area contributed by atoms with Crippen molar-refractivity contribution in [3.05, 3.63) is 23.2 Å². The van der Waals surface area contributed by atoms with E-state index in [-0.39, 0.29) is 5.75 Å². The van der Waals surface area contributed by atoms with Gasteiger partial charge in [-0.05, 0) is 44.1 Å². The smallest absolute Gasteiger partial charge is 0.232 e. The van der Waals surface area contributed by atoms with Gasteiger partial charge in [-0.15, -0.1) is 0 Å². The number of sulfonamides is 1. The molecule has 2 N–H and O–H groups in total. The molecule has 0 aliphatic heterocycles. The van der Waals surface area contributed by atoms with Gasteiger partial charge < -0.3 is 10.1 Å². The van der Waals surface area contributed by atoms with Gasteiger partial charge in [0.15, 0.2) is 0 Å². The Morgan fingerprint density at radius 1 is 1.30 bits per heavy atom. The highest BCUT2D eigenvalue weighted by Crippen LogP contribution is 2.28. The molecule has 0 bridgehead atoms. The summed E-state index contributed by atoms with van der Waals surface area (Å²) in [6.45, 7) is 3.74. The molecule has 0 spiro atoms. The van der Waals surface area contributed by atoms with E-state index in [4.69, 9.17) is 16.3 Å². The van der Waals surface area contributed by atoms with E-state index in [2.05, 4.69) is 10.0 Å². The van der Waals surface area contributed by atoms with E-state index in [9.17, 15) is 8.42 Å². The van der Waals surface area contributed by atoms with Crippen LogP contribution in [-0.2, 0) is 10.0 Å². The van der Waals surface area contributed by atoms with Crippen molar-refractivity contribution in [1.29, 1.82) is 0 Å². The summed E-state index contributed by atoms with van der Waals surface area (Å²) in [6, 6.07) is 4.82. The van der Waals surface area contributed by atoms with Crippen LogP contribution >= 0.6 is 11.6 Å². The molecule has 0 saturated heterocycles. The molecule has 1 aromatic rings. The van der Waals surface area contributed by atoms with Crippen molar-refractivity contribution in [1.82, 2.24) is 5.32 Å². The second-order valence-electron chi connectivity index (χ2n) is 4.33. The van der Waals surface area contributed by atoms with E-state index in [1.54, 1.807) is 12.1 Å². The van der Waals surface area contributed by atoms with Gasteiger partial charge in [0.25, 0.3) is 0 Å². The normalized spacial score (nSPS) is 11.3. The zero-order valence-electron chi connectivity index (χ0n) is 11.8. The molecule has 1 rings (SSSR count). The molecule has 1 aromatic carbocycles. The lowest BCUT2D eigenvalue weighted by Crippen LogP contribution is -2.19. The van der Waals surface area contributed by atoms with E-state index in [1.807, 2.05) is 6.92 Å². The van der Waals surface area contributed by atoms with Gasteiger partial charge in [0, 0.05) is 5.02 Å². The minimum Gasteiger partial charge on any atom is -0.495 e. The van der Waals surface area contributed by atoms with E-state index < -0.39 is 10.0 Å². The number of ether oxygens (including phenoxy) is 1. The summed E-state index contributed by atoms with van der Waals surface area (Å²) in [4.78, 5) is 0. The molecule has 7 heteroatoms. The highest BCUT2D eigenvalue weighted by atomic mass is 35.5. The highest BCUT2D eigenvalue weighted by Gasteiger charge is 2.13. The minimum absolute atomic E-state index is 0.0774. The first-order valence-corrected chi connectivity index (χ1v) is 8.56. The first-order valence-electron chi connectivity index (χ1n) is 6.53. The minimum atomic E-state index is -3.39. The van der Waals surface area contributed by atoms with Crippen molar-refractivity contribution < 1.29 is 13.2 Å². The maximum atomic E-state index is 12.0. The SMILES string of the molecule is CCNCCCCS(=O)(=O)Nc1cc(Cl)ccc1OC. The fourth-order valence-electron chi connectivity index (χ4n) is 1.70. The van der Waals surface area contributed by atoms with E-state index in [0.717, 1.165) is 19.5 Å². The summed E-state index contributed by atoms with van der Waals surface area (Å²) in [5.41, 5.74) is 0.367. The number of anilines is 1. The van der Waals surface area contributed by atoms with Crippen LogP contribution in [0.2, 0.25) is 5.02 Å². The average molecular weight is 321 g/mol. The summed E-state index contributed by atoms with van der Waals surface area (Å²) < 4.78 is 31.6.